The topological polar surface area (TPSA) is 78.9 Å². The maximum atomic E-state index is 13.1. The van der Waals surface area contributed by atoms with Crippen molar-refractivity contribution in [3.8, 4) is 0 Å². The molecule has 4 rings (SSSR count). The molecule has 4 aliphatic rings. The molecule has 1 unspecified atom stereocenters. The van der Waals surface area contributed by atoms with E-state index in [4.69, 9.17) is 10.9 Å². The van der Waals surface area contributed by atoms with Crippen LogP contribution >= 0.6 is 0 Å². The molecule has 0 spiro atoms. The van der Waals surface area contributed by atoms with Crippen molar-refractivity contribution in [1.82, 2.24) is 4.90 Å². The first-order valence-electron chi connectivity index (χ1n) is 8.17. The normalized spacial score (nSPS) is 39.3. The quantitative estimate of drug-likeness (QED) is 0.361. The molecule has 1 amide bonds. The number of hydrogen-bond acceptors (Lipinski definition) is 3. The van der Waals surface area contributed by atoms with Crippen molar-refractivity contribution >= 4 is 11.7 Å². The fraction of sp³-hybridized carbons (Fsp3) is 0.875. The molecule has 4 saturated carbocycles. The van der Waals surface area contributed by atoms with E-state index in [0.29, 0.717) is 12.3 Å². The Morgan fingerprint density at radius 1 is 1.29 bits per heavy atom. The number of nitrogens with zero attached hydrogens (tertiary/aromatic N) is 2. The average molecular weight is 293 g/mol. The monoisotopic (exact) mass is 293 g/mol. The van der Waals surface area contributed by atoms with Gasteiger partial charge in [0.15, 0.2) is 0 Å². The molecule has 5 heteroatoms. The molecule has 118 valence electrons. The zero-order valence-electron chi connectivity index (χ0n) is 13.1. The van der Waals surface area contributed by atoms with E-state index < -0.39 is 0 Å². The van der Waals surface area contributed by atoms with Crippen LogP contribution in [0.5, 0.6) is 0 Å². The molecule has 5 nitrogen and oxygen atoms in total. The van der Waals surface area contributed by atoms with Crippen molar-refractivity contribution in [1.29, 1.82) is 0 Å². The first-order valence-corrected chi connectivity index (χ1v) is 8.17. The van der Waals surface area contributed by atoms with Gasteiger partial charge in [0.1, 0.15) is 5.84 Å². The molecule has 0 aromatic rings. The van der Waals surface area contributed by atoms with Crippen LogP contribution in [0.15, 0.2) is 5.16 Å². The molecule has 0 saturated heterocycles. The third kappa shape index (κ3) is 2.51. The van der Waals surface area contributed by atoms with Gasteiger partial charge in [0.25, 0.3) is 0 Å². The molecule has 4 bridgehead atoms. The maximum absolute atomic E-state index is 13.1. The van der Waals surface area contributed by atoms with E-state index in [0.717, 1.165) is 37.0 Å². The lowest BCUT2D eigenvalue weighted by molar-refractivity contribution is -0.158. The van der Waals surface area contributed by atoms with E-state index in [1.807, 2.05) is 18.9 Å². The van der Waals surface area contributed by atoms with Gasteiger partial charge >= 0.3 is 0 Å². The van der Waals surface area contributed by atoms with Crippen molar-refractivity contribution in [2.45, 2.75) is 57.9 Å². The van der Waals surface area contributed by atoms with E-state index in [1.165, 1.54) is 19.3 Å². The van der Waals surface area contributed by atoms with Crippen LogP contribution in [0.2, 0.25) is 0 Å². The van der Waals surface area contributed by atoms with Crippen LogP contribution < -0.4 is 5.73 Å². The van der Waals surface area contributed by atoms with Gasteiger partial charge in [-0.25, -0.2) is 0 Å². The highest BCUT2D eigenvalue weighted by molar-refractivity contribution is 5.85. The average Bonchev–Trinajstić information content (AvgIpc) is 2.44. The summed E-state index contributed by atoms with van der Waals surface area (Å²) in [6, 6.07) is -0.0265. The Morgan fingerprint density at radius 3 is 2.19 bits per heavy atom. The second-order valence-electron chi connectivity index (χ2n) is 7.76. The number of carbonyl (C=O) groups excluding carboxylic acids is 1. The van der Waals surface area contributed by atoms with Crippen molar-refractivity contribution in [2.75, 3.05) is 7.05 Å². The molecule has 0 aromatic heterocycles. The second kappa shape index (κ2) is 5.18. The lowest BCUT2D eigenvalue weighted by atomic mass is 9.49. The molecule has 3 N–H and O–H groups in total. The van der Waals surface area contributed by atoms with Gasteiger partial charge in [0, 0.05) is 19.5 Å². The number of nitrogens with two attached hydrogens (primary N) is 1. The van der Waals surface area contributed by atoms with Gasteiger partial charge in [0.05, 0.1) is 5.41 Å². The number of amides is 1. The third-order valence-corrected chi connectivity index (χ3v) is 6.11. The highest BCUT2D eigenvalue weighted by Gasteiger charge is 2.55. The van der Waals surface area contributed by atoms with Crippen molar-refractivity contribution in [3.05, 3.63) is 0 Å². The predicted octanol–water partition coefficient (Wildman–Crippen LogP) is 2.19. The predicted molar refractivity (Wildman–Crippen MR) is 80.9 cm³/mol. The zero-order chi connectivity index (χ0) is 15.2. The molecule has 0 aromatic carbocycles. The van der Waals surface area contributed by atoms with Crippen molar-refractivity contribution in [3.63, 3.8) is 0 Å². The maximum Gasteiger partial charge on any atom is 0.228 e. The molecule has 0 radical (unpaired) electrons. The van der Waals surface area contributed by atoms with E-state index >= 15 is 0 Å². The van der Waals surface area contributed by atoms with Gasteiger partial charge < -0.3 is 15.8 Å². The highest BCUT2D eigenvalue weighted by Crippen LogP contribution is 2.60. The Kier molecular flexibility index (Phi) is 3.62. The van der Waals surface area contributed by atoms with Gasteiger partial charge in [0.2, 0.25) is 5.91 Å². The molecular formula is C16H27N3O2. The Hall–Kier alpha value is -1.26. The van der Waals surface area contributed by atoms with Crippen LogP contribution in [-0.4, -0.2) is 34.9 Å². The van der Waals surface area contributed by atoms with Gasteiger partial charge in [-0.2, -0.15) is 0 Å². The Bertz CT molecular complexity index is 425. The van der Waals surface area contributed by atoms with Crippen LogP contribution in [-0.2, 0) is 4.79 Å². The van der Waals surface area contributed by atoms with Crippen LogP contribution in [0.1, 0.15) is 51.9 Å². The SMILES string of the molecule is CC(CC(N)=NO)N(C)C(=O)C12CC3CC(CC(C3)C1)C2. The first-order chi connectivity index (χ1) is 9.93. The number of carbonyl (C=O) groups is 1. The van der Waals surface area contributed by atoms with Crippen molar-refractivity contribution in [2.24, 2.45) is 34.1 Å². The first kappa shape index (κ1) is 14.7. The lowest BCUT2D eigenvalue weighted by Gasteiger charge is -2.56. The summed E-state index contributed by atoms with van der Waals surface area (Å²) < 4.78 is 0. The molecule has 21 heavy (non-hydrogen) atoms. The summed E-state index contributed by atoms with van der Waals surface area (Å²) in [6.07, 6.45) is 7.70. The summed E-state index contributed by atoms with van der Waals surface area (Å²) in [7, 11) is 1.87. The summed E-state index contributed by atoms with van der Waals surface area (Å²) in [6.45, 7) is 1.97. The Balaban J connectivity index is 1.72. The third-order valence-electron chi connectivity index (χ3n) is 6.11. The molecule has 4 fully saturated rings. The van der Waals surface area contributed by atoms with Crippen LogP contribution in [0.25, 0.3) is 0 Å². The van der Waals surface area contributed by atoms with Crippen molar-refractivity contribution < 1.29 is 10.0 Å². The summed E-state index contributed by atoms with van der Waals surface area (Å²) in [5.74, 6) is 2.79. The fourth-order valence-electron chi connectivity index (χ4n) is 5.43. The second-order valence-corrected chi connectivity index (χ2v) is 7.76. The minimum Gasteiger partial charge on any atom is -0.409 e. The lowest BCUT2D eigenvalue weighted by Crippen LogP contribution is -2.55. The zero-order valence-corrected chi connectivity index (χ0v) is 13.1. The number of hydrogen-bond donors (Lipinski definition) is 2. The minimum atomic E-state index is -0.108. The number of amidine groups is 1. The van der Waals surface area contributed by atoms with Crippen LogP contribution in [0.3, 0.4) is 0 Å². The van der Waals surface area contributed by atoms with Gasteiger partial charge in [-0.05, 0) is 63.2 Å². The Labute approximate surface area is 126 Å². The molecule has 0 aliphatic heterocycles. The standard InChI is InChI=1S/C16H27N3O2/c1-10(3-14(17)18-21)19(2)15(20)16-7-11-4-12(8-16)6-13(5-11)9-16/h10-13,21H,3-9H2,1-2H3,(H2,17,18). The summed E-state index contributed by atoms with van der Waals surface area (Å²) in [4.78, 5) is 14.9. The Morgan fingerprint density at radius 2 is 1.76 bits per heavy atom. The number of oxime groups is 1. The fourth-order valence-corrected chi connectivity index (χ4v) is 5.43. The molecule has 0 heterocycles. The van der Waals surface area contributed by atoms with E-state index in [1.54, 1.807) is 0 Å². The van der Waals surface area contributed by atoms with Gasteiger partial charge in [-0.15, -0.1) is 0 Å². The van der Waals surface area contributed by atoms with Gasteiger partial charge in [-0.1, -0.05) is 5.16 Å². The molecular weight excluding hydrogens is 266 g/mol. The minimum absolute atomic E-state index is 0.0265. The van der Waals surface area contributed by atoms with E-state index in [-0.39, 0.29) is 17.3 Å². The smallest absolute Gasteiger partial charge is 0.228 e. The summed E-state index contributed by atoms with van der Waals surface area (Å²) in [5.41, 5.74) is 5.47. The van der Waals surface area contributed by atoms with Crippen LogP contribution in [0, 0.1) is 23.2 Å². The van der Waals surface area contributed by atoms with E-state index in [2.05, 4.69) is 5.16 Å². The molecule has 1 atom stereocenters. The highest BCUT2D eigenvalue weighted by atomic mass is 16.4. The van der Waals surface area contributed by atoms with Gasteiger partial charge in [-0.3, -0.25) is 4.79 Å². The van der Waals surface area contributed by atoms with Crippen LogP contribution in [0.4, 0.5) is 0 Å². The summed E-state index contributed by atoms with van der Waals surface area (Å²) in [5, 5.41) is 11.7. The largest absolute Gasteiger partial charge is 0.409 e. The molecule has 4 aliphatic carbocycles. The van der Waals surface area contributed by atoms with E-state index in [9.17, 15) is 4.79 Å². The number of rotatable bonds is 4. The summed E-state index contributed by atoms with van der Waals surface area (Å²) >= 11 is 0.